The average Bonchev–Trinajstić information content (AvgIpc) is 2.73. The fourth-order valence-electron chi connectivity index (χ4n) is 1.34. The molecular weight excluding hydrogens is 264 g/mol. The summed E-state index contributed by atoms with van der Waals surface area (Å²) in [5.74, 6) is 0. The third-order valence-corrected chi connectivity index (χ3v) is 4.64. The van der Waals surface area contributed by atoms with E-state index >= 15 is 0 Å². The van der Waals surface area contributed by atoms with Crippen LogP contribution in [0.5, 0.6) is 0 Å². The Balaban J connectivity index is 2.80. The summed E-state index contributed by atoms with van der Waals surface area (Å²) in [7, 11) is -3.51. The quantitative estimate of drug-likeness (QED) is 0.815. The molecule has 1 heterocycles. The van der Waals surface area contributed by atoms with E-state index in [1.165, 1.54) is 12.4 Å². The Morgan fingerprint density at radius 2 is 2.11 bits per heavy atom. The SMILES string of the molecule is CC(NS(=O)(=O)c1cnn(CCCN)c1)C(C)(C)C. The van der Waals surface area contributed by atoms with E-state index in [0.717, 1.165) is 6.42 Å². The molecule has 1 atom stereocenters. The number of aromatic nitrogens is 2. The summed E-state index contributed by atoms with van der Waals surface area (Å²) in [6, 6.07) is -0.162. The van der Waals surface area contributed by atoms with Gasteiger partial charge >= 0.3 is 0 Å². The number of rotatable bonds is 6. The van der Waals surface area contributed by atoms with Gasteiger partial charge in [0.25, 0.3) is 0 Å². The molecule has 0 saturated heterocycles. The zero-order valence-electron chi connectivity index (χ0n) is 12.0. The van der Waals surface area contributed by atoms with Crippen LogP contribution >= 0.6 is 0 Å². The van der Waals surface area contributed by atoms with Gasteiger partial charge in [-0.2, -0.15) is 5.10 Å². The zero-order valence-corrected chi connectivity index (χ0v) is 12.9. The van der Waals surface area contributed by atoms with Gasteiger partial charge in [0.1, 0.15) is 4.90 Å². The van der Waals surface area contributed by atoms with Crippen LogP contribution < -0.4 is 10.5 Å². The van der Waals surface area contributed by atoms with Crippen molar-refractivity contribution in [1.29, 1.82) is 0 Å². The molecule has 19 heavy (non-hydrogen) atoms. The molecule has 1 rings (SSSR count). The molecule has 0 saturated carbocycles. The maximum atomic E-state index is 12.2. The lowest BCUT2D eigenvalue weighted by atomic mass is 9.89. The average molecular weight is 288 g/mol. The van der Waals surface area contributed by atoms with Crippen molar-refractivity contribution in [3.8, 4) is 0 Å². The molecule has 0 amide bonds. The van der Waals surface area contributed by atoms with Crippen molar-refractivity contribution in [3.63, 3.8) is 0 Å². The molecule has 3 N–H and O–H groups in total. The molecule has 110 valence electrons. The normalized spacial score (nSPS) is 14.6. The topological polar surface area (TPSA) is 90.0 Å². The number of nitrogens with zero attached hydrogens (tertiary/aromatic N) is 2. The number of hydrogen-bond acceptors (Lipinski definition) is 4. The van der Waals surface area contributed by atoms with Crippen molar-refractivity contribution in [2.75, 3.05) is 6.54 Å². The zero-order chi connectivity index (χ0) is 14.7. The van der Waals surface area contributed by atoms with Crippen molar-refractivity contribution >= 4 is 10.0 Å². The van der Waals surface area contributed by atoms with Crippen LogP contribution in [0.25, 0.3) is 0 Å². The maximum Gasteiger partial charge on any atom is 0.243 e. The first-order chi connectivity index (χ1) is 8.66. The van der Waals surface area contributed by atoms with Crippen LogP contribution in [-0.2, 0) is 16.6 Å². The van der Waals surface area contributed by atoms with Gasteiger partial charge < -0.3 is 5.73 Å². The second-order valence-electron chi connectivity index (χ2n) is 5.79. The first-order valence-electron chi connectivity index (χ1n) is 6.41. The molecule has 1 aromatic rings. The Labute approximate surface area is 115 Å². The first-order valence-corrected chi connectivity index (χ1v) is 7.90. The van der Waals surface area contributed by atoms with Crippen molar-refractivity contribution in [1.82, 2.24) is 14.5 Å². The Morgan fingerprint density at radius 3 is 2.63 bits per heavy atom. The van der Waals surface area contributed by atoms with Gasteiger partial charge in [-0.1, -0.05) is 20.8 Å². The Morgan fingerprint density at radius 1 is 1.47 bits per heavy atom. The van der Waals surface area contributed by atoms with Crippen molar-refractivity contribution < 1.29 is 8.42 Å². The summed E-state index contributed by atoms with van der Waals surface area (Å²) in [6.07, 6.45) is 3.68. The minimum atomic E-state index is -3.51. The van der Waals surface area contributed by atoms with Gasteiger partial charge in [0, 0.05) is 18.8 Å². The molecule has 0 aliphatic rings. The maximum absolute atomic E-state index is 12.2. The molecule has 0 aliphatic carbocycles. The minimum Gasteiger partial charge on any atom is -0.330 e. The fraction of sp³-hybridized carbons (Fsp3) is 0.750. The predicted molar refractivity (Wildman–Crippen MR) is 75.1 cm³/mol. The van der Waals surface area contributed by atoms with Crippen LogP contribution in [0.4, 0.5) is 0 Å². The minimum absolute atomic E-state index is 0.136. The van der Waals surface area contributed by atoms with Gasteiger partial charge in [-0.3, -0.25) is 4.68 Å². The largest absolute Gasteiger partial charge is 0.330 e. The highest BCUT2D eigenvalue weighted by atomic mass is 32.2. The van der Waals surface area contributed by atoms with E-state index in [1.54, 1.807) is 4.68 Å². The van der Waals surface area contributed by atoms with E-state index in [1.807, 2.05) is 27.7 Å². The number of sulfonamides is 1. The van der Waals surface area contributed by atoms with Gasteiger partial charge in [0.15, 0.2) is 0 Å². The highest BCUT2D eigenvalue weighted by Crippen LogP contribution is 2.20. The van der Waals surface area contributed by atoms with Crippen LogP contribution in [-0.4, -0.2) is 30.8 Å². The van der Waals surface area contributed by atoms with Crippen LogP contribution in [0.15, 0.2) is 17.3 Å². The Hall–Kier alpha value is -0.920. The molecule has 0 aromatic carbocycles. The summed E-state index contributed by atoms with van der Waals surface area (Å²) >= 11 is 0. The number of nitrogens with one attached hydrogen (secondary N) is 1. The molecule has 0 bridgehead atoms. The van der Waals surface area contributed by atoms with Crippen LogP contribution in [0.1, 0.15) is 34.1 Å². The molecule has 0 fully saturated rings. The fourth-order valence-corrected chi connectivity index (χ4v) is 2.74. The molecule has 0 radical (unpaired) electrons. The lowest BCUT2D eigenvalue weighted by Crippen LogP contribution is -2.41. The van der Waals surface area contributed by atoms with Crippen LogP contribution in [0.2, 0.25) is 0 Å². The van der Waals surface area contributed by atoms with Gasteiger partial charge in [0.05, 0.1) is 6.20 Å². The molecule has 1 unspecified atom stereocenters. The van der Waals surface area contributed by atoms with Crippen molar-refractivity contribution in [3.05, 3.63) is 12.4 Å². The number of hydrogen-bond donors (Lipinski definition) is 2. The second-order valence-corrected chi connectivity index (χ2v) is 7.50. The van der Waals surface area contributed by atoms with Gasteiger partial charge in [-0.25, -0.2) is 13.1 Å². The summed E-state index contributed by atoms with van der Waals surface area (Å²) in [4.78, 5) is 0.195. The smallest absolute Gasteiger partial charge is 0.243 e. The molecule has 6 nitrogen and oxygen atoms in total. The van der Waals surface area contributed by atoms with Gasteiger partial charge in [-0.05, 0) is 25.3 Å². The summed E-state index contributed by atoms with van der Waals surface area (Å²) in [5, 5.41) is 4.03. The Bertz CT molecular complexity index is 502. The van der Waals surface area contributed by atoms with E-state index in [0.29, 0.717) is 13.1 Å². The van der Waals surface area contributed by atoms with Crippen LogP contribution in [0.3, 0.4) is 0 Å². The third kappa shape index (κ3) is 4.59. The highest BCUT2D eigenvalue weighted by molar-refractivity contribution is 7.89. The number of aryl methyl sites for hydroxylation is 1. The summed E-state index contributed by atoms with van der Waals surface area (Å²) < 4.78 is 28.7. The lowest BCUT2D eigenvalue weighted by Gasteiger charge is -2.27. The molecule has 7 heteroatoms. The summed E-state index contributed by atoms with van der Waals surface area (Å²) in [5.41, 5.74) is 5.27. The van der Waals surface area contributed by atoms with Gasteiger partial charge in [-0.15, -0.1) is 0 Å². The highest BCUT2D eigenvalue weighted by Gasteiger charge is 2.26. The van der Waals surface area contributed by atoms with Crippen LogP contribution in [0, 0.1) is 5.41 Å². The van der Waals surface area contributed by atoms with Gasteiger partial charge in [0.2, 0.25) is 10.0 Å². The third-order valence-electron chi connectivity index (χ3n) is 3.14. The monoisotopic (exact) mass is 288 g/mol. The lowest BCUT2D eigenvalue weighted by molar-refractivity contribution is 0.317. The number of nitrogens with two attached hydrogens (primary N) is 1. The molecule has 0 spiro atoms. The molecular formula is C12H24N4O2S. The standard InChI is InChI=1S/C12H24N4O2S/c1-10(12(2,3)4)15-19(17,18)11-8-14-16(9-11)7-5-6-13/h8-10,15H,5-7,13H2,1-4H3. The second kappa shape index (κ2) is 6.02. The van der Waals surface area contributed by atoms with E-state index in [4.69, 9.17) is 5.73 Å². The molecule has 1 aromatic heterocycles. The predicted octanol–water partition coefficient (Wildman–Crippen LogP) is 0.945. The van der Waals surface area contributed by atoms with E-state index in [9.17, 15) is 8.42 Å². The van der Waals surface area contributed by atoms with E-state index in [-0.39, 0.29) is 16.4 Å². The van der Waals surface area contributed by atoms with E-state index < -0.39 is 10.0 Å². The van der Waals surface area contributed by atoms with Crippen molar-refractivity contribution in [2.24, 2.45) is 11.1 Å². The first kappa shape index (κ1) is 16.1. The summed E-state index contributed by atoms with van der Waals surface area (Å²) in [6.45, 7) is 9.01. The van der Waals surface area contributed by atoms with Crippen molar-refractivity contribution in [2.45, 2.75) is 51.6 Å². The molecule has 0 aliphatic heterocycles. The Kier molecular flexibility index (Phi) is 5.11. The van der Waals surface area contributed by atoms with E-state index in [2.05, 4.69) is 9.82 Å².